The number of nitrogens with one attached hydrogen (secondary N) is 1. The fourth-order valence-electron chi connectivity index (χ4n) is 3.30. The van der Waals surface area contributed by atoms with Crippen molar-refractivity contribution in [3.05, 3.63) is 54.2 Å². The first-order chi connectivity index (χ1) is 14.1. The molecule has 7 nitrogen and oxygen atoms in total. The number of hydrogen-bond donors (Lipinski definition) is 2. The topological polar surface area (TPSA) is 97.8 Å². The van der Waals surface area contributed by atoms with E-state index < -0.39 is 5.97 Å². The van der Waals surface area contributed by atoms with Crippen molar-refractivity contribution in [1.29, 1.82) is 0 Å². The van der Waals surface area contributed by atoms with Gasteiger partial charge >= 0.3 is 11.9 Å². The number of carboxylic acids is 1. The van der Waals surface area contributed by atoms with Gasteiger partial charge in [-0.2, -0.15) is 0 Å². The van der Waals surface area contributed by atoms with Gasteiger partial charge in [0.15, 0.2) is 0 Å². The number of ether oxygens (including phenoxy) is 2. The van der Waals surface area contributed by atoms with Crippen molar-refractivity contribution in [2.45, 2.75) is 44.8 Å². The fraction of sp³-hybridized carbons (Fsp3) is 0.409. The SMILES string of the molecule is O=C(O)CCNc1ccc(O[C@H]2CC[C@H](C(=O)OCc3ccccc3)CC2)nc1. The molecule has 0 amide bonds. The lowest BCUT2D eigenvalue weighted by Gasteiger charge is -2.27. The molecule has 1 aromatic carbocycles. The maximum absolute atomic E-state index is 12.3. The highest BCUT2D eigenvalue weighted by atomic mass is 16.5. The summed E-state index contributed by atoms with van der Waals surface area (Å²) < 4.78 is 11.4. The summed E-state index contributed by atoms with van der Waals surface area (Å²) in [5, 5.41) is 11.6. The molecule has 1 heterocycles. The van der Waals surface area contributed by atoms with Gasteiger partial charge in [-0.1, -0.05) is 30.3 Å². The number of aromatic nitrogens is 1. The van der Waals surface area contributed by atoms with Gasteiger partial charge in [0.2, 0.25) is 5.88 Å². The predicted octanol–water partition coefficient (Wildman–Crippen LogP) is 3.65. The zero-order chi connectivity index (χ0) is 20.5. The zero-order valence-electron chi connectivity index (χ0n) is 16.3. The van der Waals surface area contributed by atoms with Crippen molar-refractivity contribution in [3.8, 4) is 5.88 Å². The maximum Gasteiger partial charge on any atom is 0.309 e. The van der Waals surface area contributed by atoms with Crippen LogP contribution in [-0.4, -0.2) is 34.7 Å². The lowest BCUT2D eigenvalue weighted by atomic mass is 9.87. The van der Waals surface area contributed by atoms with Gasteiger partial charge < -0.3 is 19.9 Å². The van der Waals surface area contributed by atoms with E-state index >= 15 is 0 Å². The first-order valence-corrected chi connectivity index (χ1v) is 9.89. The Kier molecular flexibility index (Phi) is 7.44. The van der Waals surface area contributed by atoms with Crippen LogP contribution in [0.1, 0.15) is 37.7 Å². The zero-order valence-corrected chi connectivity index (χ0v) is 16.3. The first kappa shape index (κ1) is 20.6. The summed E-state index contributed by atoms with van der Waals surface area (Å²) in [5.74, 6) is -0.525. The molecule has 1 aromatic heterocycles. The molecule has 0 saturated heterocycles. The quantitative estimate of drug-likeness (QED) is 0.622. The Balaban J connectivity index is 1.38. The Hall–Kier alpha value is -3.09. The Morgan fingerprint density at radius 2 is 1.83 bits per heavy atom. The van der Waals surface area contributed by atoms with Crippen molar-refractivity contribution in [3.63, 3.8) is 0 Å². The summed E-state index contributed by atoms with van der Waals surface area (Å²) in [5.41, 5.74) is 1.74. The third kappa shape index (κ3) is 6.78. The van der Waals surface area contributed by atoms with Gasteiger partial charge in [0.25, 0.3) is 0 Å². The van der Waals surface area contributed by atoms with Gasteiger partial charge in [0.05, 0.1) is 24.2 Å². The summed E-state index contributed by atoms with van der Waals surface area (Å²) in [4.78, 5) is 27.1. The summed E-state index contributed by atoms with van der Waals surface area (Å²) in [6.07, 6.45) is 4.77. The number of aliphatic carboxylic acids is 1. The number of esters is 1. The lowest BCUT2D eigenvalue weighted by molar-refractivity contribution is -0.151. The van der Waals surface area contributed by atoms with E-state index in [1.807, 2.05) is 36.4 Å². The molecule has 1 aliphatic carbocycles. The van der Waals surface area contributed by atoms with E-state index in [-0.39, 0.29) is 24.4 Å². The first-order valence-electron chi connectivity index (χ1n) is 9.89. The fourth-order valence-corrected chi connectivity index (χ4v) is 3.30. The molecule has 1 fully saturated rings. The molecule has 3 rings (SSSR count). The van der Waals surface area contributed by atoms with Crippen molar-refractivity contribution < 1.29 is 24.2 Å². The van der Waals surface area contributed by atoms with E-state index in [9.17, 15) is 9.59 Å². The second kappa shape index (κ2) is 10.5. The minimum atomic E-state index is -0.843. The number of anilines is 1. The van der Waals surface area contributed by atoms with Crippen LogP contribution in [0, 0.1) is 5.92 Å². The molecule has 7 heteroatoms. The maximum atomic E-state index is 12.3. The van der Waals surface area contributed by atoms with Gasteiger partial charge in [-0.3, -0.25) is 9.59 Å². The molecule has 0 aliphatic heterocycles. The van der Waals surface area contributed by atoms with Crippen LogP contribution >= 0.6 is 0 Å². The average molecular weight is 398 g/mol. The highest BCUT2D eigenvalue weighted by Gasteiger charge is 2.28. The number of hydrogen-bond acceptors (Lipinski definition) is 6. The molecule has 2 N–H and O–H groups in total. The van der Waals surface area contributed by atoms with E-state index in [1.54, 1.807) is 12.3 Å². The summed E-state index contributed by atoms with van der Waals surface area (Å²) in [6.45, 7) is 0.661. The number of carboxylic acid groups (broad SMARTS) is 1. The third-order valence-corrected chi connectivity index (χ3v) is 4.92. The molecule has 154 valence electrons. The van der Waals surface area contributed by atoms with Crippen molar-refractivity contribution in [2.75, 3.05) is 11.9 Å². The number of carbonyl (C=O) groups is 2. The van der Waals surface area contributed by atoms with E-state index in [0.29, 0.717) is 19.0 Å². The van der Waals surface area contributed by atoms with Gasteiger partial charge in [0, 0.05) is 12.6 Å². The minimum absolute atomic E-state index is 0.0338. The van der Waals surface area contributed by atoms with Gasteiger partial charge in [-0.15, -0.1) is 0 Å². The van der Waals surface area contributed by atoms with Crippen LogP contribution in [0.5, 0.6) is 5.88 Å². The molecule has 0 bridgehead atoms. The summed E-state index contributed by atoms with van der Waals surface area (Å²) in [6, 6.07) is 13.3. The average Bonchev–Trinajstić information content (AvgIpc) is 2.74. The van der Waals surface area contributed by atoms with E-state index in [4.69, 9.17) is 14.6 Å². The van der Waals surface area contributed by atoms with Crippen molar-refractivity contribution in [2.24, 2.45) is 5.92 Å². The Bertz CT molecular complexity index is 787. The molecular formula is C22H26N2O5. The number of nitrogens with zero attached hydrogens (tertiary/aromatic N) is 1. The number of carbonyl (C=O) groups excluding carboxylic acids is 1. The van der Waals surface area contributed by atoms with Gasteiger partial charge in [0.1, 0.15) is 12.7 Å². The highest BCUT2D eigenvalue weighted by Crippen LogP contribution is 2.28. The molecule has 29 heavy (non-hydrogen) atoms. The summed E-state index contributed by atoms with van der Waals surface area (Å²) in [7, 11) is 0. The van der Waals surface area contributed by atoms with Crippen LogP contribution in [0.25, 0.3) is 0 Å². The Morgan fingerprint density at radius 1 is 1.07 bits per heavy atom. The molecule has 0 atom stereocenters. The number of pyridine rings is 1. The molecule has 1 aliphatic rings. The van der Waals surface area contributed by atoms with Crippen LogP contribution in [0.4, 0.5) is 5.69 Å². The largest absolute Gasteiger partial charge is 0.481 e. The van der Waals surface area contributed by atoms with Crippen LogP contribution in [0.3, 0.4) is 0 Å². The van der Waals surface area contributed by atoms with Crippen LogP contribution in [-0.2, 0) is 20.9 Å². The summed E-state index contributed by atoms with van der Waals surface area (Å²) >= 11 is 0. The van der Waals surface area contributed by atoms with E-state index in [2.05, 4.69) is 10.3 Å². The van der Waals surface area contributed by atoms with E-state index in [1.165, 1.54) is 0 Å². The molecule has 0 spiro atoms. The second-order valence-electron chi connectivity index (χ2n) is 7.14. The van der Waals surface area contributed by atoms with Crippen LogP contribution < -0.4 is 10.1 Å². The molecule has 2 aromatic rings. The van der Waals surface area contributed by atoms with Crippen LogP contribution in [0.2, 0.25) is 0 Å². The normalized spacial score (nSPS) is 18.6. The third-order valence-electron chi connectivity index (χ3n) is 4.92. The predicted molar refractivity (Wildman–Crippen MR) is 108 cm³/mol. The minimum Gasteiger partial charge on any atom is -0.481 e. The molecular weight excluding hydrogens is 372 g/mol. The van der Waals surface area contributed by atoms with Crippen molar-refractivity contribution in [1.82, 2.24) is 4.98 Å². The van der Waals surface area contributed by atoms with E-state index in [0.717, 1.165) is 36.9 Å². The van der Waals surface area contributed by atoms with Crippen molar-refractivity contribution >= 4 is 17.6 Å². The Labute approximate surface area is 170 Å². The lowest BCUT2D eigenvalue weighted by Crippen LogP contribution is -2.29. The smallest absolute Gasteiger partial charge is 0.309 e. The molecule has 0 radical (unpaired) electrons. The molecule has 0 unspecified atom stereocenters. The molecule has 1 saturated carbocycles. The number of benzene rings is 1. The monoisotopic (exact) mass is 398 g/mol. The van der Waals surface area contributed by atoms with Gasteiger partial charge in [-0.05, 0) is 37.3 Å². The highest BCUT2D eigenvalue weighted by molar-refractivity contribution is 5.72. The standard InChI is InChI=1S/C22H26N2O5/c25-21(26)12-13-23-18-8-11-20(24-14-18)29-19-9-6-17(7-10-19)22(27)28-15-16-4-2-1-3-5-16/h1-5,8,11,14,17,19,23H,6-7,9-10,12-13,15H2,(H,25,26)/t17-,19-. The van der Waals surface area contributed by atoms with Crippen LogP contribution in [0.15, 0.2) is 48.7 Å². The number of rotatable bonds is 9. The van der Waals surface area contributed by atoms with Gasteiger partial charge in [-0.25, -0.2) is 4.98 Å². The second-order valence-corrected chi connectivity index (χ2v) is 7.14. The Morgan fingerprint density at radius 3 is 2.48 bits per heavy atom.